The standard InChI is InChI=1S/C16H13ClN2O/c17-14-6-5-12-7-8-19(15(12)9-14)10-11-1-3-13(4-2-11)16(18)20/h1-9H,10H2,(H2,18,20). The Morgan fingerprint density at radius 1 is 1.10 bits per heavy atom. The van der Waals surface area contributed by atoms with Crippen molar-refractivity contribution in [3.63, 3.8) is 0 Å². The van der Waals surface area contributed by atoms with Crippen LogP contribution in [0.15, 0.2) is 54.7 Å². The molecule has 0 bridgehead atoms. The molecule has 3 aromatic rings. The van der Waals surface area contributed by atoms with E-state index in [2.05, 4.69) is 10.6 Å². The van der Waals surface area contributed by atoms with Crippen LogP contribution >= 0.6 is 11.6 Å². The molecule has 20 heavy (non-hydrogen) atoms. The van der Waals surface area contributed by atoms with Gasteiger partial charge in [-0.2, -0.15) is 0 Å². The van der Waals surface area contributed by atoms with Crippen LogP contribution in [0.3, 0.4) is 0 Å². The number of amides is 1. The number of carbonyl (C=O) groups excluding carboxylic acids is 1. The van der Waals surface area contributed by atoms with Gasteiger partial charge in [-0.05, 0) is 41.3 Å². The molecule has 0 spiro atoms. The zero-order valence-electron chi connectivity index (χ0n) is 10.7. The zero-order chi connectivity index (χ0) is 14.1. The maximum Gasteiger partial charge on any atom is 0.248 e. The summed E-state index contributed by atoms with van der Waals surface area (Å²) < 4.78 is 2.13. The first-order valence-electron chi connectivity index (χ1n) is 6.26. The zero-order valence-corrected chi connectivity index (χ0v) is 11.5. The van der Waals surface area contributed by atoms with E-state index in [-0.39, 0.29) is 0 Å². The second kappa shape index (κ2) is 5.02. The van der Waals surface area contributed by atoms with Crippen molar-refractivity contribution >= 4 is 28.4 Å². The van der Waals surface area contributed by atoms with Crippen molar-refractivity contribution < 1.29 is 4.79 Å². The average Bonchev–Trinajstić information content (AvgIpc) is 2.82. The summed E-state index contributed by atoms with van der Waals surface area (Å²) in [6.07, 6.45) is 2.03. The van der Waals surface area contributed by atoms with E-state index in [4.69, 9.17) is 17.3 Å². The highest BCUT2D eigenvalue weighted by Gasteiger charge is 2.04. The van der Waals surface area contributed by atoms with Gasteiger partial charge in [0.05, 0.1) is 0 Å². The number of halogens is 1. The van der Waals surface area contributed by atoms with E-state index in [0.29, 0.717) is 5.56 Å². The summed E-state index contributed by atoms with van der Waals surface area (Å²) in [7, 11) is 0. The topological polar surface area (TPSA) is 48.0 Å². The first-order valence-corrected chi connectivity index (χ1v) is 6.64. The third-order valence-electron chi connectivity index (χ3n) is 3.33. The average molecular weight is 285 g/mol. The third kappa shape index (κ3) is 2.40. The Hall–Kier alpha value is -2.26. The van der Waals surface area contributed by atoms with Gasteiger partial charge in [0.1, 0.15) is 0 Å². The molecule has 100 valence electrons. The molecule has 2 N–H and O–H groups in total. The fourth-order valence-electron chi connectivity index (χ4n) is 2.27. The lowest BCUT2D eigenvalue weighted by Gasteiger charge is -2.06. The van der Waals surface area contributed by atoms with Gasteiger partial charge >= 0.3 is 0 Å². The molecule has 3 rings (SSSR count). The number of fused-ring (bicyclic) bond motifs is 1. The summed E-state index contributed by atoms with van der Waals surface area (Å²) in [5.41, 5.74) is 7.95. The van der Waals surface area contributed by atoms with E-state index >= 15 is 0 Å². The minimum atomic E-state index is -0.408. The number of hydrogen-bond acceptors (Lipinski definition) is 1. The highest BCUT2D eigenvalue weighted by molar-refractivity contribution is 6.31. The molecule has 4 heteroatoms. The Bertz CT molecular complexity index is 775. The molecule has 0 aliphatic rings. The Balaban J connectivity index is 1.92. The Labute approximate surface area is 121 Å². The van der Waals surface area contributed by atoms with Gasteiger partial charge in [-0.1, -0.05) is 29.8 Å². The molecule has 0 saturated carbocycles. The summed E-state index contributed by atoms with van der Waals surface area (Å²) >= 11 is 6.04. The third-order valence-corrected chi connectivity index (χ3v) is 3.56. The molecule has 2 aromatic carbocycles. The minimum Gasteiger partial charge on any atom is -0.366 e. The summed E-state index contributed by atoms with van der Waals surface area (Å²) in [5.74, 6) is -0.408. The van der Waals surface area contributed by atoms with Crippen molar-refractivity contribution in [2.75, 3.05) is 0 Å². The minimum absolute atomic E-state index is 0.408. The van der Waals surface area contributed by atoms with Gasteiger partial charge in [0.15, 0.2) is 0 Å². The van der Waals surface area contributed by atoms with E-state index < -0.39 is 5.91 Å². The van der Waals surface area contributed by atoms with Crippen LogP contribution in [0.2, 0.25) is 5.02 Å². The first kappa shape index (κ1) is 12.8. The fourth-order valence-corrected chi connectivity index (χ4v) is 2.43. The van der Waals surface area contributed by atoms with Crippen molar-refractivity contribution in [2.45, 2.75) is 6.54 Å². The molecule has 0 atom stereocenters. The van der Waals surface area contributed by atoms with Crippen LogP contribution in [-0.2, 0) is 6.54 Å². The summed E-state index contributed by atoms with van der Waals surface area (Å²) in [6, 6.07) is 15.2. The van der Waals surface area contributed by atoms with Crippen LogP contribution in [0, 0.1) is 0 Å². The van der Waals surface area contributed by atoms with E-state index in [1.54, 1.807) is 12.1 Å². The van der Waals surface area contributed by atoms with Gasteiger partial charge in [0.25, 0.3) is 0 Å². The molecule has 0 aliphatic carbocycles. The molecule has 0 fully saturated rings. The quantitative estimate of drug-likeness (QED) is 0.787. The fraction of sp³-hybridized carbons (Fsp3) is 0.0625. The highest BCUT2D eigenvalue weighted by Crippen LogP contribution is 2.21. The van der Waals surface area contributed by atoms with Crippen molar-refractivity contribution in [3.8, 4) is 0 Å². The SMILES string of the molecule is NC(=O)c1ccc(Cn2ccc3ccc(Cl)cc32)cc1. The smallest absolute Gasteiger partial charge is 0.248 e. The number of nitrogens with two attached hydrogens (primary N) is 1. The second-order valence-electron chi connectivity index (χ2n) is 4.71. The monoisotopic (exact) mass is 284 g/mol. The van der Waals surface area contributed by atoms with E-state index in [0.717, 1.165) is 28.0 Å². The molecular weight excluding hydrogens is 272 g/mol. The highest BCUT2D eigenvalue weighted by atomic mass is 35.5. The lowest BCUT2D eigenvalue weighted by molar-refractivity contribution is 0.100. The summed E-state index contributed by atoms with van der Waals surface area (Å²) in [6.45, 7) is 0.725. The van der Waals surface area contributed by atoms with Crippen LogP contribution in [0.25, 0.3) is 10.9 Å². The molecule has 1 heterocycles. The van der Waals surface area contributed by atoms with Gasteiger partial charge in [-0.3, -0.25) is 4.79 Å². The summed E-state index contributed by atoms with van der Waals surface area (Å²) in [5, 5.41) is 1.88. The van der Waals surface area contributed by atoms with Crippen LogP contribution in [0.1, 0.15) is 15.9 Å². The van der Waals surface area contributed by atoms with E-state index in [1.807, 2.05) is 36.5 Å². The molecule has 0 unspecified atom stereocenters. The number of carbonyl (C=O) groups is 1. The molecular formula is C16H13ClN2O. The number of benzene rings is 2. The molecule has 1 aromatic heterocycles. The molecule has 3 nitrogen and oxygen atoms in total. The molecule has 0 aliphatic heterocycles. The number of hydrogen-bond donors (Lipinski definition) is 1. The predicted octanol–water partition coefficient (Wildman–Crippen LogP) is 3.44. The number of rotatable bonds is 3. The maximum absolute atomic E-state index is 11.0. The van der Waals surface area contributed by atoms with Gasteiger partial charge in [0, 0.05) is 28.8 Å². The van der Waals surface area contributed by atoms with Crippen LogP contribution in [-0.4, -0.2) is 10.5 Å². The van der Waals surface area contributed by atoms with E-state index in [1.165, 1.54) is 0 Å². The van der Waals surface area contributed by atoms with Crippen LogP contribution in [0.5, 0.6) is 0 Å². The largest absolute Gasteiger partial charge is 0.366 e. The van der Waals surface area contributed by atoms with Crippen molar-refractivity contribution in [1.82, 2.24) is 4.57 Å². The second-order valence-corrected chi connectivity index (χ2v) is 5.14. The van der Waals surface area contributed by atoms with Gasteiger partial charge in [-0.15, -0.1) is 0 Å². The van der Waals surface area contributed by atoms with Gasteiger partial charge in [-0.25, -0.2) is 0 Å². The summed E-state index contributed by atoms with van der Waals surface area (Å²) in [4.78, 5) is 11.0. The number of aromatic nitrogens is 1. The molecule has 0 radical (unpaired) electrons. The van der Waals surface area contributed by atoms with Gasteiger partial charge < -0.3 is 10.3 Å². The predicted molar refractivity (Wildman–Crippen MR) is 81.0 cm³/mol. The lowest BCUT2D eigenvalue weighted by Crippen LogP contribution is -2.10. The normalized spacial score (nSPS) is 10.8. The molecule has 1 amide bonds. The Morgan fingerprint density at radius 2 is 1.85 bits per heavy atom. The maximum atomic E-state index is 11.0. The van der Waals surface area contributed by atoms with Crippen molar-refractivity contribution in [3.05, 3.63) is 70.9 Å². The lowest BCUT2D eigenvalue weighted by atomic mass is 10.1. The van der Waals surface area contributed by atoms with Crippen LogP contribution in [0.4, 0.5) is 0 Å². The Morgan fingerprint density at radius 3 is 2.55 bits per heavy atom. The van der Waals surface area contributed by atoms with Crippen molar-refractivity contribution in [2.24, 2.45) is 5.73 Å². The van der Waals surface area contributed by atoms with Crippen LogP contribution < -0.4 is 5.73 Å². The molecule has 0 saturated heterocycles. The van der Waals surface area contributed by atoms with Crippen molar-refractivity contribution in [1.29, 1.82) is 0 Å². The number of nitrogens with zero attached hydrogens (tertiary/aromatic N) is 1. The number of primary amides is 1. The first-order chi connectivity index (χ1) is 9.63. The Kier molecular flexibility index (Phi) is 3.20. The van der Waals surface area contributed by atoms with E-state index in [9.17, 15) is 4.79 Å². The van der Waals surface area contributed by atoms with Gasteiger partial charge in [0.2, 0.25) is 5.91 Å².